The highest BCUT2D eigenvalue weighted by molar-refractivity contribution is 5.32. The third-order valence-corrected chi connectivity index (χ3v) is 1.55. The van der Waals surface area contributed by atoms with Crippen molar-refractivity contribution in [2.24, 2.45) is 5.73 Å². The van der Waals surface area contributed by atoms with E-state index in [2.05, 4.69) is 4.98 Å². The van der Waals surface area contributed by atoms with Crippen molar-refractivity contribution in [1.82, 2.24) is 4.98 Å². The summed E-state index contributed by atoms with van der Waals surface area (Å²) in [7, 11) is 0. The molecule has 0 amide bonds. The number of hydrogen-bond donors (Lipinski definition) is 1. The maximum absolute atomic E-state index is 12.1. The molecule has 1 heterocycles. The topological polar surface area (TPSA) is 62.7 Å². The molecule has 0 aromatic carbocycles. The van der Waals surface area contributed by atoms with E-state index in [-0.39, 0.29) is 12.2 Å². The van der Waals surface area contributed by atoms with Gasteiger partial charge in [0.2, 0.25) is 0 Å². The van der Waals surface area contributed by atoms with E-state index < -0.39 is 12.1 Å². The molecule has 13 heavy (non-hydrogen) atoms. The van der Waals surface area contributed by atoms with Crippen LogP contribution in [0, 0.1) is 11.3 Å². The van der Waals surface area contributed by atoms with Gasteiger partial charge in [0.25, 0.3) is 6.43 Å². The summed E-state index contributed by atoms with van der Waals surface area (Å²) in [6.45, 7) is 0.124. The quantitative estimate of drug-likeness (QED) is 0.752. The second kappa shape index (κ2) is 3.92. The number of nitriles is 1. The molecule has 0 saturated heterocycles. The first-order valence-corrected chi connectivity index (χ1v) is 3.57. The summed E-state index contributed by atoms with van der Waals surface area (Å²) >= 11 is 0. The van der Waals surface area contributed by atoms with Crippen LogP contribution in [-0.2, 0) is 6.54 Å². The maximum atomic E-state index is 12.1. The number of nitrogens with zero attached hydrogens (tertiary/aromatic N) is 2. The van der Waals surface area contributed by atoms with Gasteiger partial charge in [-0.25, -0.2) is 13.8 Å². The van der Waals surface area contributed by atoms with Crippen molar-refractivity contribution in [3.63, 3.8) is 0 Å². The molecule has 1 rings (SSSR count). The van der Waals surface area contributed by atoms with E-state index in [0.717, 1.165) is 0 Å². The molecular formula is C8H7F2N3. The standard InChI is InChI=1S/C8H7F2N3/c9-8(10)6-2-1-5(3-11)7(4-12)13-6/h1-2,8H,3,11H2. The molecule has 0 bridgehead atoms. The van der Waals surface area contributed by atoms with Gasteiger partial charge in [-0.15, -0.1) is 0 Å². The number of hydrogen-bond acceptors (Lipinski definition) is 3. The van der Waals surface area contributed by atoms with Crippen LogP contribution in [0.3, 0.4) is 0 Å². The second-order valence-corrected chi connectivity index (χ2v) is 2.36. The van der Waals surface area contributed by atoms with E-state index >= 15 is 0 Å². The molecule has 3 nitrogen and oxygen atoms in total. The van der Waals surface area contributed by atoms with Gasteiger partial charge < -0.3 is 5.73 Å². The van der Waals surface area contributed by atoms with Crippen molar-refractivity contribution in [2.75, 3.05) is 0 Å². The Morgan fingerprint density at radius 2 is 2.23 bits per heavy atom. The number of rotatable bonds is 2. The second-order valence-electron chi connectivity index (χ2n) is 2.36. The predicted molar refractivity (Wildman–Crippen MR) is 41.8 cm³/mol. The Labute approximate surface area is 73.8 Å². The molecule has 5 heteroatoms. The van der Waals surface area contributed by atoms with E-state index in [1.54, 1.807) is 6.07 Å². The minimum absolute atomic E-state index is 0.0275. The molecule has 2 N–H and O–H groups in total. The molecule has 0 spiro atoms. The van der Waals surface area contributed by atoms with Gasteiger partial charge in [0.15, 0.2) is 0 Å². The largest absolute Gasteiger partial charge is 0.326 e. The van der Waals surface area contributed by atoms with Gasteiger partial charge in [-0.2, -0.15) is 5.26 Å². The lowest BCUT2D eigenvalue weighted by Crippen LogP contribution is -2.03. The van der Waals surface area contributed by atoms with Crippen molar-refractivity contribution < 1.29 is 8.78 Å². The Hall–Kier alpha value is -1.54. The number of nitrogens with two attached hydrogens (primary N) is 1. The van der Waals surface area contributed by atoms with Crippen LogP contribution in [0.25, 0.3) is 0 Å². The molecule has 0 atom stereocenters. The Bertz CT molecular complexity index is 344. The Balaban J connectivity index is 3.15. The Morgan fingerprint density at radius 3 is 2.69 bits per heavy atom. The maximum Gasteiger partial charge on any atom is 0.280 e. The van der Waals surface area contributed by atoms with Crippen molar-refractivity contribution in [3.8, 4) is 6.07 Å². The minimum Gasteiger partial charge on any atom is -0.326 e. The third kappa shape index (κ3) is 1.98. The fraction of sp³-hybridized carbons (Fsp3) is 0.250. The zero-order valence-corrected chi connectivity index (χ0v) is 6.67. The van der Waals surface area contributed by atoms with Crippen LogP contribution in [0.4, 0.5) is 8.78 Å². The van der Waals surface area contributed by atoms with Crippen molar-refractivity contribution in [1.29, 1.82) is 5.26 Å². The average molecular weight is 183 g/mol. The van der Waals surface area contributed by atoms with Crippen LogP contribution in [0.2, 0.25) is 0 Å². The summed E-state index contributed by atoms with van der Waals surface area (Å²) in [4.78, 5) is 3.47. The van der Waals surface area contributed by atoms with Crippen LogP contribution in [0.1, 0.15) is 23.4 Å². The monoisotopic (exact) mass is 183 g/mol. The van der Waals surface area contributed by atoms with E-state index in [4.69, 9.17) is 11.0 Å². The van der Waals surface area contributed by atoms with Crippen LogP contribution in [-0.4, -0.2) is 4.98 Å². The highest BCUT2D eigenvalue weighted by Crippen LogP contribution is 2.17. The molecular weight excluding hydrogens is 176 g/mol. The fourth-order valence-corrected chi connectivity index (χ4v) is 0.886. The number of halogens is 2. The fourth-order valence-electron chi connectivity index (χ4n) is 0.886. The molecule has 0 aliphatic rings. The van der Waals surface area contributed by atoms with Gasteiger partial charge in [0.05, 0.1) is 0 Å². The summed E-state index contributed by atoms with van der Waals surface area (Å²) in [5, 5.41) is 8.54. The zero-order valence-electron chi connectivity index (χ0n) is 6.67. The number of pyridine rings is 1. The van der Waals surface area contributed by atoms with E-state index in [9.17, 15) is 8.78 Å². The molecule has 0 fully saturated rings. The first-order chi connectivity index (χ1) is 6.19. The lowest BCUT2D eigenvalue weighted by molar-refractivity contribution is 0.146. The third-order valence-electron chi connectivity index (χ3n) is 1.55. The van der Waals surface area contributed by atoms with Gasteiger partial charge in [-0.3, -0.25) is 0 Å². The summed E-state index contributed by atoms with van der Waals surface area (Å²) in [6, 6.07) is 4.29. The molecule has 68 valence electrons. The van der Waals surface area contributed by atoms with Gasteiger partial charge in [0.1, 0.15) is 17.5 Å². The summed E-state index contributed by atoms with van der Waals surface area (Å²) < 4.78 is 24.2. The van der Waals surface area contributed by atoms with Gasteiger partial charge >= 0.3 is 0 Å². The van der Waals surface area contributed by atoms with Crippen molar-refractivity contribution in [2.45, 2.75) is 13.0 Å². The summed E-state index contributed by atoms with van der Waals surface area (Å²) in [5.41, 5.74) is 5.33. The lowest BCUT2D eigenvalue weighted by atomic mass is 10.2. The highest BCUT2D eigenvalue weighted by Gasteiger charge is 2.11. The van der Waals surface area contributed by atoms with E-state index in [0.29, 0.717) is 5.56 Å². The first-order valence-electron chi connectivity index (χ1n) is 3.57. The molecule has 0 saturated carbocycles. The van der Waals surface area contributed by atoms with Gasteiger partial charge in [0, 0.05) is 12.1 Å². The van der Waals surface area contributed by atoms with E-state index in [1.165, 1.54) is 12.1 Å². The molecule has 0 unspecified atom stereocenters. The first kappa shape index (κ1) is 9.55. The summed E-state index contributed by atoms with van der Waals surface area (Å²) in [6.07, 6.45) is -2.65. The number of alkyl halides is 2. The van der Waals surface area contributed by atoms with Crippen LogP contribution >= 0.6 is 0 Å². The normalized spacial score (nSPS) is 10.1. The van der Waals surface area contributed by atoms with Crippen molar-refractivity contribution in [3.05, 3.63) is 29.1 Å². The molecule has 0 radical (unpaired) electrons. The average Bonchev–Trinajstić information content (AvgIpc) is 2.16. The molecule has 0 aliphatic carbocycles. The predicted octanol–water partition coefficient (Wildman–Crippen LogP) is 1.35. The van der Waals surface area contributed by atoms with Crippen LogP contribution in [0.15, 0.2) is 12.1 Å². The number of aromatic nitrogens is 1. The van der Waals surface area contributed by atoms with Gasteiger partial charge in [-0.1, -0.05) is 6.07 Å². The summed E-state index contributed by atoms with van der Waals surface area (Å²) in [5.74, 6) is 0. The van der Waals surface area contributed by atoms with E-state index in [1.807, 2.05) is 0 Å². The zero-order chi connectivity index (χ0) is 9.84. The van der Waals surface area contributed by atoms with Gasteiger partial charge in [-0.05, 0) is 6.07 Å². The Morgan fingerprint density at radius 1 is 1.54 bits per heavy atom. The van der Waals surface area contributed by atoms with Crippen LogP contribution < -0.4 is 5.73 Å². The van der Waals surface area contributed by atoms with Crippen molar-refractivity contribution >= 4 is 0 Å². The highest BCUT2D eigenvalue weighted by atomic mass is 19.3. The molecule has 1 aromatic rings. The smallest absolute Gasteiger partial charge is 0.280 e. The SMILES string of the molecule is N#Cc1nc(C(F)F)ccc1CN. The lowest BCUT2D eigenvalue weighted by Gasteiger charge is -2.02. The minimum atomic E-state index is -2.65. The molecule has 1 aromatic heterocycles. The molecule has 0 aliphatic heterocycles. The Kier molecular flexibility index (Phi) is 2.88. The van der Waals surface area contributed by atoms with Crippen LogP contribution in [0.5, 0.6) is 0 Å².